The largest absolute Gasteiger partial charge is 0.461 e. The van der Waals surface area contributed by atoms with Crippen LogP contribution in [0, 0.1) is 12.7 Å². The highest BCUT2D eigenvalue weighted by Crippen LogP contribution is 2.27. The van der Waals surface area contributed by atoms with E-state index < -0.39 is 11.8 Å². The van der Waals surface area contributed by atoms with Gasteiger partial charge in [0, 0.05) is 11.1 Å². The first-order valence-electron chi connectivity index (χ1n) is 7.67. The average molecular weight is 317 g/mol. The summed E-state index contributed by atoms with van der Waals surface area (Å²) in [5.41, 5.74) is 1.67. The smallest absolute Gasteiger partial charge is 0.354 e. The quantitative estimate of drug-likeness (QED) is 0.857. The van der Waals surface area contributed by atoms with Crippen LogP contribution in [0.2, 0.25) is 0 Å². The fourth-order valence-electron chi connectivity index (χ4n) is 2.48. The van der Waals surface area contributed by atoms with Gasteiger partial charge in [0.1, 0.15) is 11.5 Å². The Bertz CT molecular complexity index is 780. The van der Waals surface area contributed by atoms with Crippen molar-refractivity contribution in [3.8, 4) is 11.1 Å². The Balaban J connectivity index is 2.67. The summed E-state index contributed by atoms with van der Waals surface area (Å²) in [6.07, 6.45) is 1.24. The van der Waals surface area contributed by atoms with Gasteiger partial charge in [0.15, 0.2) is 0 Å². The lowest BCUT2D eigenvalue weighted by Crippen LogP contribution is -2.20. The van der Waals surface area contributed by atoms with Crippen LogP contribution in [0.4, 0.5) is 4.39 Å². The van der Waals surface area contributed by atoms with Crippen LogP contribution in [-0.4, -0.2) is 17.6 Å². The van der Waals surface area contributed by atoms with E-state index in [1.807, 2.05) is 6.92 Å². The molecule has 5 heteroatoms. The van der Waals surface area contributed by atoms with Crippen molar-refractivity contribution in [1.29, 1.82) is 0 Å². The van der Waals surface area contributed by atoms with Crippen molar-refractivity contribution < 1.29 is 13.9 Å². The van der Waals surface area contributed by atoms with E-state index in [1.54, 1.807) is 26.0 Å². The van der Waals surface area contributed by atoms with Gasteiger partial charge in [-0.1, -0.05) is 25.5 Å². The van der Waals surface area contributed by atoms with Crippen molar-refractivity contribution in [2.75, 3.05) is 6.61 Å². The molecule has 2 rings (SSSR count). The zero-order valence-electron chi connectivity index (χ0n) is 13.5. The van der Waals surface area contributed by atoms with Crippen molar-refractivity contribution in [3.05, 3.63) is 57.3 Å². The van der Waals surface area contributed by atoms with Crippen LogP contribution in [0.1, 0.15) is 41.9 Å². The molecule has 1 N–H and O–H groups in total. The number of ether oxygens (including phenoxy) is 1. The molecule has 0 spiro atoms. The summed E-state index contributed by atoms with van der Waals surface area (Å²) >= 11 is 0. The second-order valence-corrected chi connectivity index (χ2v) is 5.36. The minimum atomic E-state index is -0.624. The zero-order valence-corrected chi connectivity index (χ0v) is 13.5. The van der Waals surface area contributed by atoms with E-state index in [-0.39, 0.29) is 17.9 Å². The summed E-state index contributed by atoms with van der Waals surface area (Å²) < 4.78 is 19.3. The van der Waals surface area contributed by atoms with E-state index in [0.717, 1.165) is 12.0 Å². The molecular formula is C18H20FNO3. The van der Waals surface area contributed by atoms with Crippen molar-refractivity contribution in [1.82, 2.24) is 4.98 Å². The maximum absolute atomic E-state index is 14.3. The molecule has 1 heterocycles. The van der Waals surface area contributed by atoms with Crippen LogP contribution in [0.3, 0.4) is 0 Å². The molecule has 0 saturated carbocycles. The van der Waals surface area contributed by atoms with Gasteiger partial charge >= 0.3 is 5.97 Å². The number of aromatic amines is 1. The second kappa shape index (κ2) is 7.22. The molecule has 0 saturated heterocycles. The van der Waals surface area contributed by atoms with Gasteiger partial charge in [-0.3, -0.25) is 4.79 Å². The summed E-state index contributed by atoms with van der Waals surface area (Å²) in [5, 5.41) is 0. The van der Waals surface area contributed by atoms with Gasteiger partial charge in [-0.05, 0) is 43.5 Å². The molecule has 1 aromatic heterocycles. The first kappa shape index (κ1) is 16.9. The summed E-state index contributed by atoms with van der Waals surface area (Å²) in [6.45, 7) is 5.61. The third kappa shape index (κ3) is 3.67. The van der Waals surface area contributed by atoms with Crippen LogP contribution in [0.5, 0.6) is 0 Å². The van der Waals surface area contributed by atoms with Crippen molar-refractivity contribution in [2.45, 2.75) is 33.6 Å². The third-order valence-corrected chi connectivity index (χ3v) is 3.55. The van der Waals surface area contributed by atoms with Gasteiger partial charge in [-0.2, -0.15) is 0 Å². The van der Waals surface area contributed by atoms with Gasteiger partial charge < -0.3 is 9.72 Å². The van der Waals surface area contributed by atoms with E-state index in [9.17, 15) is 14.0 Å². The molecule has 2 aromatic rings. The maximum atomic E-state index is 14.3. The van der Waals surface area contributed by atoms with Gasteiger partial charge in [0.25, 0.3) is 5.56 Å². The predicted molar refractivity (Wildman–Crippen MR) is 87.1 cm³/mol. The van der Waals surface area contributed by atoms with Crippen molar-refractivity contribution in [3.63, 3.8) is 0 Å². The second-order valence-electron chi connectivity index (χ2n) is 5.36. The Morgan fingerprint density at radius 2 is 1.96 bits per heavy atom. The molecule has 0 aliphatic carbocycles. The van der Waals surface area contributed by atoms with E-state index in [1.165, 1.54) is 12.1 Å². The monoisotopic (exact) mass is 317 g/mol. The highest BCUT2D eigenvalue weighted by atomic mass is 19.1. The van der Waals surface area contributed by atoms with Crippen molar-refractivity contribution >= 4 is 5.97 Å². The number of pyridine rings is 1. The molecule has 0 radical (unpaired) electrons. The molecule has 1 aromatic carbocycles. The van der Waals surface area contributed by atoms with E-state index in [0.29, 0.717) is 23.1 Å². The number of carbonyl (C=O) groups excluding carboxylic acids is 1. The normalized spacial score (nSPS) is 10.6. The Morgan fingerprint density at radius 3 is 2.57 bits per heavy atom. The highest BCUT2D eigenvalue weighted by molar-refractivity contribution is 5.89. The van der Waals surface area contributed by atoms with E-state index in [4.69, 9.17) is 4.74 Å². The molecule has 0 aliphatic rings. The Morgan fingerprint density at radius 1 is 1.22 bits per heavy atom. The number of aromatic nitrogens is 1. The fraction of sp³-hybridized carbons (Fsp3) is 0.333. The Labute approximate surface area is 134 Å². The molecule has 0 unspecified atom stereocenters. The maximum Gasteiger partial charge on any atom is 0.354 e. The molecule has 0 aliphatic heterocycles. The highest BCUT2D eigenvalue weighted by Gasteiger charge is 2.17. The lowest BCUT2D eigenvalue weighted by molar-refractivity contribution is 0.0519. The Kier molecular flexibility index (Phi) is 5.32. The van der Waals surface area contributed by atoms with Gasteiger partial charge in [-0.15, -0.1) is 0 Å². The molecule has 4 nitrogen and oxygen atoms in total. The molecule has 0 amide bonds. The Hall–Kier alpha value is -2.43. The number of hydrogen-bond acceptors (Lipinski definition) is 3. The van der Waals surface area contributed by atoms with Crippen LogP contribution < -0.4 is 5.56 Å². The first-order chi connectivity index (χ1) is 11.0. The summed E-state index contributed by atoms with van der Waals surface area (Å²) in [5.74, 6) is -1.04. The third-order valence-electron chi connectivity index (χ3n) is 3.55. The average Bonchev–Trinajstić information content (AvgIpc) is 2.50. The minimum Gasteiger partial charge on any atom is -0.461 e. The van der Waals surface area contributed by atoms with E-state index in [2.05, 4.69) is 4.98 Å². The van der Waals surface area contributed by atoms with Crippen LogP contribution in [-0.2, 0) is 11.2 Å². The number of nitrogens with one attached hydrogen (secondary N) is 1. The molecule has 0 fully saturated rings. The van der Waals surface area contributed by atoms with Crippen LogP contribution in [0.15, 0.2) is 29.1 Å². The van der Waals surface area contributed by atoms with Crippen molar-refractivity contribution in [2.24, 2.45) is 0 Å². The minimum absolute atomic E-state index is 0.0340. The predicted octanol–water partition coefficient (Wildman–Crippen LogP) is 3.62. The van der Waals surface area contributed by atoms with Gasteiger partial charge in [-0.25, -0.2) is 9.18 Å². The number of aryl methyl sites for hydroxylation is 1. The number of hydrogen-bond donors (Lipinski definition) is 1. The standard InChI is InChI=1S/C18H20FNO3/c1-4-6-13-14(12-8-7-11(3)9-15(12)19)10-16(20-17(13)21)18(22)23-5-2/h7-10H,4-6H2,1-3H3,(H,20,21). The SMILES string of the molecule is CCCc1c(-c2ccc(C)cc2F)cc(C(=O)OCC)[nH]c1=O. The summed E-state index contributed by atoms with van der Waals surface area (Å²) in [4.78, 5) is 26.8. The van der Waals surface area contributed by atoms with Crippen LogP contribution in [0.25, 0.3) is 11.1 Å². The van der Waals surface area contributed by atoms with Crippen LogP contribution >= 0.6 is 0 Å². The zero-order chi connectivity index (χ0) is 17.0. The molecule has 0 bridgehead atoms. The molecular weight excluding hydrogens is 297 g/mol. The number of H-pyrrole nitrogens is 1. The number of benzene rings is 1. The van der Waals surface area contributed by atoms with E-state index >= 15 is 0 Å². The summed E-state index contributed by atoms with van der Waals surface area (Å²) in [7, 11) is 0. The lowest BCUT2D eigenvalue weighted by Gasteiger charge is -2.12. The summed E-state index contributed by atoms with van der Waals surface area (Å²) in [6, 6.07) is 6.32. The first-order valence-corrected chi connectivity index (χ1v) is 7.67. The molecule has 122 valence electrons. The molecule has 23 heavy (non-hydrogen) atoms. The number of rotatable bonds is 5. The lowest BCUT2D eigenvalue weighted by atomic mass is 9.96. The van der Waals surface area contributed by atoms with Gasteiger partial charge in [0.2, 0.25) is 0 Å². The number of carbonyl (C=O) groups is 1. The van der Waals surface area contributed by atoms with Gasteiger partial charge in [0.05, 0.1) is 6.61 Å². The number of halogens is 1. The topological polar surface area (TPSA) is 59.2 Å². The number of esters is 1. The molecule has 0 atom stereocenters. The fourth-order valence-corrected chi connectivity index (χ4v) is 2.48.